The predicted molar refractivity (Wildman–Crippen MR) is 97.9 cm³/mol. The van der Waals surface area contributed by atoms with Crippen LogP contribution in [0.25, 0.3) is 0 Å². The third-order valence-corrected chi connectivity index (χ3v) is 5.29. The van der Waals surface area contributed by atoms with Crippen LogP contribution in [0.5, 0.6) is 0 Å². The number of nitrogens with zero attached hydrogens (tertiary/aromatic N) is 3. The van der Waals surface area contributed by atoms with Crippen molar-refractivity contribution >= 4 is 24.2 Å². The van der Waals surface area contributed by atoms with E-state index in [1.807, 2.05) is 9.80 Å². The zero-order valence-electron chi connectivity index (χ0n) is 15.0. The Labute approximate surface area is 156 Å². The highest BCUT2D eigenvalue weighted by atomic mass is 35.5. The number of hydrogen-bond acceptors (Lipinski definition) is 5. The van der Waals surface area contributed by atoms with E-state index < -0.39 is 0 Å². The lowest BCUT2D eigenvalue weighted by Gasteiger charge is -2.36. The Bertz CT molecular complexity index is 440. The van der Waals surface area contributed by atoms with Gasteiger partial charge in [0.15, 0.2) is 0 Å². The highest BCUT2D eigenvalue weighted by Crippen LogP contribution is 2.20. The second kappa shape index (κ2) is 10.3. The number of carbonyl (C=O) groups is 2. The summed E-state index contributed by atoms with van der Waals surface area (Å²) in [6.07, 6.45) is 2.58. The van der Waals surface area contributed by atoms with Gasteiger partial charge >= 0.3 is 0 Å². The quantitative estimate of drug-likeness (QED) is 0.738. The summed E-state index contributed by atoms with van der Waals surface area (Å²) in [5.74, 6) is 0.612. The van der Waals surface area contributed by atoms with Crippen molar-refractivity contribution in [1.29, 1.82) is 0 Å². The van der Waals surface area contributed by atoms with Crippen LogP contribution in [0.1, 0.15) is 19.3 Å². The highest BCUT2D eigenvalue weighted by molar-refractivity contribution is 5.85. The number of hydrogen-bond donors (Lipinski definition) is 1. The van der Waals surface area contributed by atoms with Crippen molar-refractivity contribution in [3.63, 3.8) is 0 Å². The van der Waals surface area contributed by atoms with Crippen LogP contribution in [-0.2, 0) is 14.3 Å². The van der Waals surface area contributed by atoms with Crippen molar-refractivity contribution in [2.24, 2.45) is 5.92 Å². The van der Waals surface area contributed by atoms with E-state index in [1.54, 1.807) is 0 Å². The van der Waals surface area contributed by atoms with Crippen LogP contribution in [0, 0.1) is 5.92 Å². The van der Waals surface area contributed by atoms with Crippen LogP contribution in [0.2, 0.25) is 0 Å². The minimum Gasteiger partial charge on any atom is -0.378 e. The number of nitrogens with one attached hydrogen (secondary N) is 1. The van der Waals surface area contributed by atoms with Crippen LogP contribution in [0.4, 0.5) is 0 Å². The SMILES string of the molecule is Cl.O=C(CCN1CCCC(C(=O)N2CCOCC2)C1)N1CCNCC1. The molecule has 3 fully saturated rings. The van der Waals surface area contributed by atoms with Crippen molar-refractivity contribution in [2.75, 3.05) is 72.1 Å². The average Bonchev–Trinajstić information content (AvgIpc) is 2.67. The van der Waals surface area contributed by atoms with Crippen LogP contribution in [0.15, 0.2) is 0 Å². The summed E-state index contributed by atoms with van der Waals surface area (Å²) in [6, 6.07) is 0. The molecule has 0 aromatic heterocycles. The molecule has 144 valence electrons. The fraction of sp³-hybridized carbons (Fsp3) is 0.882. The Morgan fingerprint density at radius 1 is 1.00 bits per heavy atom. The Morgan fingerprint density at radius 3 is 2.44 bits per heavy atom. The van der Waals surface area contributed by atoms with E-state index in [0.717, 1.165) is 71.7 Å². The van der Waals surface area contributed by atoms with Crippen molar-refractivity contribution in [1.82, 2.24) is 20.0 Å². The molecule has 3 aliphatic heterocycles. The van der Waals surface area contributed by atoms with Crippen LogP contribution in [0.3, 0.4) is 0 Å². The zero-order chi connectivity index (χ0) is 16.8. The van der Waals surface area contributed by atoms with Gasteiger partial charge in [0.2, 0.25) is 11.8 Å². The van der Waals surface area contributed by atoms with Crippen molar-refractivity contribution in [3.05, 3.63) is 0 Å². The van der Waals surface area contributed by atoms with Gasteiger partial charge in [-0.25, -0.2) is 0 Å². The lowest BCUT2D eigenvalue weighted by Crippen LogP contribution is -2.49. The lowest BCUT2D eigenvalue weighted by molar-refractivity contribution is -0.141. The molecule has 3 saturated heterocycles. The minimum atomic E-state index is 0. The summed E-state index contributed by atoms with van der Waals surface area (Å²) in [5, 5.41) is 3.27. The van der Waals surface area contributed by atoms with Crippen molar-refractivity contribution in [2.45, 2.75) is 19.3 Å². The molecule has 1 atom stereocenters. The number of halogens is 1. The van der Waals surface area contributed by atoms with Gasteiger partial charge < -0.3 is 24.8 Å². The first kappa shape index (κ1) is 20.4. The number of morpholine rings is 1. The number of ether oxygens (including phenoxy) is 1. The van der Waals surface area contributed by atoms with E-state index in [0.29, 0.717) is 19.6 Å². The maximum Gasteiger partial charge on any atom is 0.227 e. The normalized spacial score (nSPS) is 25.4. The first-order valence-corrected chi connectivity index (χ1v) is 9.31. The van der Waals surface area contributed by atoms with E-state index in [-0.39, 0.29) is 30.1 Å². The summed E-state index contributed by atoms with van der Waals surface area (Å²) >= 11 is 0. The van der Waals surface area contributed by atoms with Crippen molar-refractivity contribution < 1.29 is 14.3 Å². The molecule has 3 aliphatic rings. The van der Waals surface area contributed by atoms with E-state index in [9.17, 15) is 9.59 Å². The Hall–Kier alpha value is -0.890. The molecule has 3 rings (SSSR count). The number of carbonyl (C=O) groups excluding carboxylic acids is 2. The summed E-state index contributed by atoms with van der Waals surface area (Å²) in [5.41, 5.74) is 0. The van der Waals surface area contributed by atoms with Gasteiger partial charge in [0.25, 0.3) is 0 Å². The average molecular weight is 375 g/mol. The molecule has 7 nitrogen and oxygen atoms in total. The molecule has 0 bridgehead atoms. The summed E-state index contributed by atoms with van der Waals surface area (Å²) in [7, 11) is 0. The Kier molecular flexibility index (Phi) is 8.42. The second-order valence-electron chi connectivity index (χ2n) is 6.96. The largest absolute Gasteiger partial charge is 0.378 e. The molecule has 0 aromatic carbocycles. The monoisotopic (exact) mass is 374 g/mol. The Morgan fingerprint density at radius 2 is 1.72 bits per heavy atom. The molecule has 8 heteroatoms. The van der Waals surface area contributed by atoms with E-state index in [1.165, 1.54) is 0 Å². The standard InChI is InChI=1S/C17H30N4O3.ClH/c22-16(20-8-4-18-5-9-20)3-7-19-6-1-2-15(14-19)17(23)21-10-12-24-13-11-21;/h15,18H,1-14H2;1H. The second-order valence-corrected chi connectivity index (χ2v) is 6.96. The molecule has 1 N–H and O–H groups in total. The van der Waals surface area contributed by atoms with Gasteiger partial charge in [0.05, 0.1) is 19.1 Å². The molecule has 1 unspecified atom stereocenters. The maximum absolute atomic E-state index is 12.6. The number of amides is 2. The third-order valence-electron chi connectivity index (χ3n) is 5.29. The first-order valence-electron chi connectivity index (χ1n) is 9.31. The van der Waals surface area contributed by atoms with Crippen LogP contribution in [-0.4, -0.2) is 98.6 Å². The van der Waals surface area contributed by atoms with Crippen LogP contribution >= 0.6 is 12.4 Å². The van der Waals surface area contributed by atoms with Crippen molar-refractivity contribution in [3.8, 4) is 0 Å². The summed E-state index contributed by atoms with van der Waals surface area (Å²) in [6.45, 7) is 8.74. The summed E-state index contributed by atoms with van der Waals surface area (Å²) < 4.78 is 5.33. The third kappa shape index (κ3) is 5.81. The number of rotatable bonds is 4. The molecular formula is C17H31ClN4O3. The van der Waals surface area contributed by atoms with Gasteiger partial charge in [-0.2, -0.15) is 0 Å². The van der Waals surface area contributed by atoms with Gasteiger partial charge in [0.1, 0.15) is 0 Å². The van der Waals surface area contributed by atoms with E-state index in [2.05, 4.69) is 10.2 Å². The molecule has 0 radical (unpaired) electrons. The Balaban J connectivity index is 0.00000225. The molecule has 0 saturated carbocycles. The van der Waals surface area contributed by atoms with Gasteiger partial charge in [-0.1, -0.05) is 0 Å². The van der Waals surface area contributed by atoms with Gasteiger partial charge in [-0.15, -0.1) is 12.4 Å². The molecule has 2 amide bonds. The fourth-order valence-electron chi connectivity index (χ4n) is 3.83. The molecule has 3 heterocycles. The minimum absolute atomic E-state index is 0. The van der Waals surface area contributed by atoms with Gasteiger partial charge in [0, 0.05) is 58.8 Å². The predicted octanol–water partition coefficient (Wildman–Crippen LogP) is -0.199. The molecule has 0 aromatic rings. The van der Waals surface area contributed by atoms with Gasteiger partial charge in [-0.3, -0.25) is 9.59 Å². The molecule has 0 aliphatic carbocycles. The van der Waals surface area contributed by atoms with Gasteiger partial charge in [-0.05, 0) is 19.4 Å². The number of piperazine rings is 1. The zero-order valence-corrected chi connectivity index (χ0v) is 15.8. The molecular weight excluding hydrogens is 344 g/mol. The summed E-state index contributed by atoms with van der Waals surface area (Å²) in [4.78, 5) is 31.1. The fourth-order valence-corrected chi connectivity index (χ4v) is 3.83. The van der Waals surface area contributed by atoms with Crippen LogP contribution < -0.4 is 5.32 Å². The van der Waals surface area contributed by atoms with E-state index in [4.69, 9.17) is 4.74 Å². The topological polar surface area (TPSA) is 65.1 Å². The first-order chi connectivity index (χ1) is 11.7. The molecule has 0 spiro atoms. The molecule has 25 heavy (non-hydrogen) atoms. The maximum atomic E-state index is 12.6. The highest BCUT2D eigenvalue weighted by Gasteiger charge is 2.30. The van der Waals surface area contributed by atoms with E-state index >= 15 is 0 Å². The smallest absolute Gasteiger partial charge is 0.227 e. The number of piperidine rings is 1. The lowest BCUT2D eigenvalue weighted by atomic mass is 9.96. The number of likely N-dealkylation sites (tertiary alicyclic amines) is 1.